The van der Waals surface area contributed by atoms with Crippen molar-refractivity contribution in [3.05, 3.63) is 0 Å². The predicted octanol–water partition coefficient (Wildman–Crippen LogP) is 1.22. The zero-order valence-corrected chi connectivity index (χ0v) is 8.05. The summed E-state index contributed by atoms with van der Waals surface area (Å²) in [6, 6.07) is 1.67. The lowest BCUT2D eigenvalue weighted by molar-refractivity contribution is 0.0923. The van der Waals surface area contributed by atoms with Crippen LogP contribution in [0.4, 0.5) is 0 Å². The van der Waals surface area contributed by atoms with Crippen molar-refractivity contribution in [3.63, 3.8) is 0 Å². The highest BCUT2D eigenvalue weighted by Gasteiger charge is 2.31. The van der Waals surface area contributed by atoms with Crippen LogP contribution in [0.3, 0.4) is 0 Å². The SMILES string of the molecule is CCN1CCC[C@@H]2NCCC[C@@H]21. The fourth-order valence-corrected chi connectivity index (χ4v) is 2.74. The molecule has 2 atom stereocenters. The number of fused-ring (bicyclic) bond motifs is 1. The van der Waals surface area contributed by atoms with Crippen molar-refractivity contribution in [1.82, 2.24) is 10.2 Å². The van der Waals surface area contributed by atoms with Crippen LogP contribution in [-0.4, -0.2) is 36.6 Å². The smallest absolute Gasteiger partial charge is 0.0249 e. The lowest BCUT2D eigenvalue weighted by atomic mass is 9.89. The molecule has 2 rings (SSSR count). The lowest BCUT2D eigenvalue weighted by Crippen LogP contribution is -2.56. The van der Waals surface area contributed by atoms with E-state index in [1.54, 1.807) is 0 Å². The van der Waals surface area contributed by atoms with Gasteiger partial charge in [-0.15, -0.1) is 0 Å². The minimum atomic E-state index is 0.812. The van der Waals surface area contributed by atoms with Crippen LogP contribution in [0, 0.1) is 0 Å². The number of rotatable bonds is 1. The van der Waals surface area contributed by atoms with E-state index in [-0.39, 0.29) is 0 Å². The molecule has 2 heterocycles. The lowest BCUT2D eigenvalue weighted by Gasteiger charge is -2.44. The highest BCUT2D eigenvalue weighted by atomic mass is 15.2. The van der Waals surface area contributed by atoms with Gasteiger partial charge in [-0.25, -0.2) is 0 Å². The first-order chi connectivity index (χ1) is 5.92. The minimum Gasteiger partial charge on any atom is -0.312 e. The topological polar surface area (TPSA) is 15.3 Å². The van der Waals surface area contributed by atoms with Gasteiger partial charge in [0, 0.05) is 12.1 Å². The van der Waals surface area contributed by atoms with Gasteiger partial charge in [0.1, 0.15) is 0 Å². The normalized spacial score (nSPS) is 37.8. The summed E-state index contributed by atoms with van der Waals surface area (Å²) in [6.45, 7) is 6.11. The number of hydrogen-bond donors (Lipinski definition) is 1. The van der Waals surface area contributed by atoms with Gasteiger partial charge in [0.15, 0.2) is 0 Å². The van der Waals surface area contributed by atoms with Crippen LogP contribution in [0.5, 0.6) is 0 Å². The average Bonchev–Trinajstić information content (AvgIpc) is 2.17. The molecule has 2 aliphatic rings. The van der Waals surface area contributed by atoms with Gasteiger partial charge in [0.2, 0.25) is 0 Å². The van der Waals surface area contributed by atoms with Gasteiger partial charge in [-0.2, -0.15) is 0 Å². The number of nitrogens with zero attached hydrogens (tertiary/aromatic N) is 1. The molecule has 0 aliphatic carbocycles. The van der Waals surface area contributed by atoms with Gasteiger partial charge in [-0.1, -0.05) is 6.92 Å². The molecule has 2 heteroatoms. The maximum Gasteiger partial charge on any atom is 0.0249 e. The van der Waals surface area contributed by atoms with Crippen molar-refractivity contribution in [2.45, 2.75) is 44.7 Å². The van der Waals surface area contributed by atoms with E-state index in [4.69, 9.17) is 0 Å². The maximum atomic E-state index is 3.64. The molecule has 2 nitrogen and oxygen atoms in total. The summed E-state index contributed by atoms with van der Waals surface area (Å²) in [4.78, 5) is 2.65. The third kappa shape index (κ3) is 1.50. The first-order valence-corrected chi connectivity index (χ1v) is 5.39. The van der Waals surface area contributed by atoms with E-state index >= 15 is 0 Å². The summed E-state index contributed by atoms with van der Waals surface area (Å²) in [5.41, 5.74) is 0. The molecule has 0 unspecified atom stereocenters. The Labute approximate surface area is 75.3 Å². The summed E-state index contributed by atoms with van der Waals surface area (Å²) < 4.78 is 0. The van der Waals surface area contributed by atoms with Crippen LogP contribution >= 0.6 is 0 Å². The number of nitrogens with one attached hydrogen (secondary N) is 1. The van der Waals surface area contributed by atoms with Crippen molar-refractivity contribution in [2.75, 3.05) is 19.6 Å². The Morgan fingerprint density at radius 1 is 1.33 bits per heavy atom. The van der Waals surface area contributed by atoms with Crippen LogP contribution in [0.1, 0.15) is 32.6 Å². The molecule has 2 fully saturated rings. The first kappa shape index (κ1) is 8.52. The molecule has 0 amide bonds. The number of likely N-dealkylation sites (N-methyl/N-ethyl adjacent to an activating group) is 1. The van der Waals surface area contributed by atoms with E-state index in [0.29, 0.717) is 0 Å². The van der Waals surface area contributed by atoms with Gasteiger partial charge < -0.3 is 5.32 Å². The molecule has 0 spiro atoms. The van der Waals surface area contributed by atoms with E-state index < -0.39 is 0 Å². The predicted molar refractivity (Wildman–Crippen MR) is 51.3 cm³/mol. The third-order valence-electron chi connectivity index (χ3n) is 3.38. The van der Waals surface area contributed by atoms with Gasteiger partial charge in [-0.05, 0) is 45.3 Å². The standard InChI is InChI=1S/C10H20N2/c1-2-12-8-4-5-9-10(12)6-3-7-11-9/h9-11H,2-8H2,1H3/t9-,10-/m0/s1. The first-order valence-electron chi connectivity index (χ1n) is 5.39. The van der Waals surface area contributed by atoms with E-state index in [1.165, 1.54) is 45.3 Å². The Hall–Kier alpha value is -0.0800. The Morgan fingerprint density at radius 2 is 2.25 bits per heavy atom. The van der Waals surface area contributed by atoms with Crippen LogP contribution in [0.2, 0.25) is 0 Å². The fourth-order valence-electron chi connectivity index (χ4n) is 2.74. The molecule has 0 aromatic heterocycles. The Balaban J connectivity index is 1.99. The Morgan fingerprint density at radius 3 is 3.08 bits per heavy atom. The molecular formula is C10H20N2. The largest absolute Gasteiger partial charge is 0.312 e. The molecule has 0 aromatic rings. The maximum absolute atomic E-state index is 3.64. The summed E-state index contributed by atoms with van der Waals surface area (Å²) in [6.07, 6.45) is 5.59. The van der Waals surface area contributed by atoms with Crippen LogP contribution in [0.15, 0.2) is 0 Å². The van der Waals surface area contributed by atoms with Crippen molar-refractivity contribution in [2.24, 2.45) is 0 Å². The Bertz CT molecular complexity index is 138. The summed E-state index contributed by atoms with van der Waals surface area (Å²) in [5, 5.41) is 3.64. The summed E-state index contributed by atoms with van der Waals surface area (Å²) in [5.74, 6) is 0. The number of likely N-dealkylation sites (tertiary alicyclic amines) is 1. The zero-order valence-electron chi connectivity index (χ0n) is 8.05. The van der Waals surface area contributed by atoms with Crippen molar-refractivity contribution >= 4 is 0 Å². The molecule has 2 aliphatic heterocycles. The van der Waals surface area contributed by atoms with Crippen LogP contribution in [0.25, 0.3) is 0 Å². The Kier molecular flexibility index (Phi) is 2.66. The minimum absolute atomic E-state index is 0.812. The van der Waals surface area contributed by atoms with Crippen molar-refractivity contribution < 1.29 is 0 Å². The van der Waals surface area contributed by atoms with E-state index in [2.05, 4.69) is 17.1 Å². The number of hydrogen-bond acceptors (Lipinski definition) is 2. The summed E-state index contributed by atoms with van der Waals surface area (Å²) in [7, 11) is 0. The van der Waals surface area contributed by atoms with E-state index in [0.717, 1.165) is 12.1 Å². The van der Waals surface area contributed by atoms with Gasteiger partial charge in [0.25, 0.3) is 0 Å². The highest BCUT2D eigenvalue weighted by molar-refractivity contribution is 4.91. The van der Waals surface area contributed by atoms with Crippen molar-refractivity contribution in [3.8, 4) is 0 Å². The second-order valence-electron chi connectivity index (χ2n) is 4.04. The molecule has 2 saturated heterocycles. The van der Waals surface area contributed by atoms with E-state index in [9.17, 15) is 0 Å². The molecule has 70 valence electrons. The second-order valence-corrected chi connectivity index (χ2v) is 4.04. The molecule has 0 aromatic carbocycles. The molecule has 0 bridgehead atoms. The molecule has 0 saturated carbocycles. The zero-order chi connectivity index (χ0) is 8.39. The van der Waals surface area contributed by atoms with Gasteiger partial charge >= 0.3 is 0 Å². The monoisotopic (exact) mass is 168 g/mol. The van der Waals surface area contributed by atoms with E-state index in [1.807, 2.05) is 0 Å². The third-order valence-corrected chi connectivity index (χ3v) is 3.38. The molecule has 0 radical (unpaired) electrons. The second kappa shape index (κ2) is 3.75. The molecule has 1 N–H and O–H groups in total. The summed E-state index contributed by atoms with van der Waals surface area (Å²) >= 11 is 0. The highest BCUT2D eigenvalue weighted by Crippen LogP contribution is 2.23. The molecule has 12 heavy (non-hydrogen) atoms. The van der Waals surface area contributed by atoms with Crippen LogP contribution < -0.4 is 5.32 Å². The number of piperidine rings is 2. The van der Waals surface area contributed by atoms with Crippen LogP contribution in [-0.2, 0) is 0 Å². The average molecular weight is 168 g/mol. The van der Waals surface area contributed by atoms with Gasteiger partial charge in [-0.3, -0.25) is 4.90 Å². The fraction of sp³-hybridized carbons (Fsp3) is 1.00. The quantitative estimate of drug-likeness (QED) is 0.633. The molecular weight excluding hydrogens is 148 g/mol. The van der Waals surface area contributed by atoms with Crippen molar-refractivity contribution in [1.29, 1.82) is 0 Å². The van der Waals surface area contributed by atoms with Gasteiger partial charge in [0.05, 0.1) is 0 Å².